The van der Waals surface area contributed by atoms with Gasteiger partial charge in [-0.1, -0.05) is 13.8 Å². The van der Waals surface area contributed by atoms with Crippen LogP contribution in [-0.2, 0) is 6.42 Å². The van der Waals surface area contributed by atoms with Crippen LogP contribution in [0.15, 0.2) is 12.4 Å². The van der Waals surface area contributed by atoms with Gasteiger partial charge in [0, 0.05) is 55.6 Å². The lowest BCUT2D eigenvalue weighted by molar-refractivity contribution is -0.126. The molecular formula is C21H28F3N5S. The zero-order chi connectivity index (χ0) is 21.1. The Balaban J connectivity index is 1.30. The summed E-state index contributed by atoms with van der Waals surface area (Å²) in [4.78, 5) is 14.6. The van der Waals surface area contributed by atoms with E-state index >= 15 is 0 Å². The van der Waals surface area contributed by atoms with Crippen LogP contribution in [0.4, 0.5) is 19.0 Å². The fourth-order valence-electron chi connectivity index (χ4n) is 5.65. The Labute approximate surface area is 178 Å². The van der Waals surface area contributed by atoms with Crippen LogP contribution in [0.3, 0.4) is 0 Å². The van der Waals surface area contributed by atoms with E-state index in [1.807, 2.05) is 0 Å². The molecule has 5 rings (SSSR count). The van der Waals surface area contributed by atoms with E-state index < -0.39 is 12.6 Å². The van der Waals surface area contributed by atoms with Gasteiger partial charge in [0.25, 0.3) is 0 Å². The van der Waals surface area contributed by atoms with E-state index in [1.54, 1.807) is 6.07 Å². The number of alkyl halides is 3. The fraction of sp³-hybridized carbons (Fsp3) is 0.714. The zero-order valence-electron chi connectivity index (χ0n) is 17.4. The van der Waals surface area contributed by atoms with Crippen molar-refractivity contribution >= 4 is 27.4 Å². The number of halogens is 3. The molecule has 3 saturated heterocycles. The molecule has 0 unspecified atom stereocenters. The molecule has 3 fully saturated rings. The second kappa shape index (κ2) is 7.31. The molecule has 30 heavy (non-hydrogen) atoms. The molecule has 164 valence electrons. The summed E-state index contributed by atoms with van der Waals surface area (Å²) in [5.74, 6) is 2.19. The second-order valence-electron chi connectivity index (χ2n) is 9.65. The summed E-state index contributed by atoms with van der Waals surface area (Å²) >= 11 is 1.12. The van der Waals surface area contributed by atoms with Gasteiger partial charge in [0.05, 0.1) is 11.8 Å². The van der Waals surface area contributed by atoms with E-state index in [4.69, 9.17) is 0 Å². The third-order valence-corrected chi connectivity index (χ3v) is 7.99. The minimum absolute atomic E-state index is 0.284. The van der Waals surface area contributed by atoms with Crippen LogP contribution in [0.5, 0.6) is 0 Å². The number of hydrogen-bond donors (Lipinski definition) is 1. The highest BCUT2D eigenvalue weighted by atomic mass is 32.1. The van der Waals surface area contributed by atoms with E-state index in [9.17, 15) is 13.2 Å². The molecule has 1 N–H and O–H groups in total. The predicted molar refractivity (Wildman–Crippen MR) is 113 cm³/mol. The molecule has 9 heteroatoms. The van der Waals surface area contributed by atoms with Crippen LogP contribution < -0.4 is 10.2 Å². The standard InChI is InChI=1S/C21H28F3N5S/c1-13(2)17(14-7-25-8-14)29-10-20(11-29)3-4-28(9-20)18-16-5-15(6-21(22,23)24)30-19(16)27-12-26-18/h5,12-14,17,25H,3-4,6-11H2,1-2H3/t17-/m0/s1. The Morgan fingerprint density at radius 3 is 2.63 bits per heavy atom. The highest BCUT2D eigenvalue weighted by Gasteiger charge is 2.51. The summed E-state index contributed by atoms with van der Waals surface area (Å²) in [7, 11) is 0. The summed E-state index contributed by atoms with van der Waals surface area (Å²) in [5, 5.41) is 4.16. The number of nitrogens with one attached hydrogen (secondary N) is 1. The van der Waals surface area contributed by atoms with Gasteiger partial charge in [0.15, 0.2) is 0 Å². The summed E-state index contributed by atoms with van der Waals surface area (Å²) in [6.45, 7) is 10.9. The highest BCUT2D eigenvalue weighted by Crippen LogP contribution is 2.45. The molecule has 0 amide bonds. The van der Waals surface area contributed by atoms with Crippen molar-refractivity contribution in [3.8, 4) is 0 Å². The number of rotatable bonds is 5. The number of anilines is 1. The third kappa shape index (κ3) is 3.69. The summed E-state index contributed by atoms with van der Waals surface area (Å²) in [6, 6.07) is 2.28. The average Bonchev–Trinajstić information content (AvgIpc) is 3.18. The van der Waals surface area contributed by atoms with Crippen molar-refractivity contribution in [1.29, 1.82) is 0 Å². The number of hydrogen-bond acceptors (Lipinski definition) is 6. The number of thiophene rings is 1. The van der Waals surface area contributed by atoms with Gasteiger partial charge in [0.1, 0.15) is 17.0 Å². The molecule has 0 aromatic carbocycles. The first kappa shape index (κ1) is 20.5. The normalized spacial score (nSPS) is 23.3. The Morgan fingerprint density at radius 1 is 1.23 bits per heavy atom. The van der Waals surface area contributed by atoms with Crippen LogP contribution >= 0.6 is 11.3 Å². The molecule has 2 aromatic rings. The number of aromatic nitrogens is 2. The largest absolute Gasteiger partial charge is 0.393 e. The Morgan fingerprint density at radius 2 is 2.00 bits per heavy atom. The highest BCUT2D eigenvalue weighted by molar-refractivity contribution is 7.18. The van der Waals surface area contributed by atoms with Gasteiger partial charge in [-0.3, -0.25) is 4.90 Å². The quantitative estimate of drug-likeness (QED) is 0.772. The maximum atomic E-state index is 12.8. The van der Waals surface area contributed by atoms with Gasteiger partial charge in [0.2, 0.25) is 0 Å². The molecule has 1 spiro atoms. The molecule has 2 aromatic heterocycles. The Hall–Kier alpha value is -1.45. The van der Waals surface area contributed by atoms with E-state index in [0.717, 1.165) is 74.1 Å². The van der Waals surface area contributed by atoms with Crippen molar-refractivity contribution < 1.29 is 13.2 Å². The summed E-state index contributed by atoms with van der Waals surface area (Å²) in [5.41, 5.74) is 0.284. The summed E-state index contributed by atoms with van der Waals surface area (Å²) in [6.07, 6.45) is -2.51. The van der Waals surface area contributed by atoms with Gasteiger partial charge < -0.3 is 10.2 Å². The predicted octanol–water partition coefficient (Wildman–Crippen LogP) is 3.55. The van der Waals surface area contributed by atoms with Crippen LogP contribution in [0, 0.1) is 17.3 Å². The van der Waals surface area contributed by atoms with Crippen molar-refractivity contribution in [2.75, 3.05) is 44.2 Å². The average molecular weight is 440 g/mol. The van der Waals surface area contributed by atoms with Gasteiger partial charge >= 0.3 is 6.18 Å². The molecule has 0 aliphatic carbocycles. The smallest absolute Gasteiger partial charge is 0.355 e. The van der Waals surface area contributed by atoms with Gasteiger partial charge in [-0.05, 0) is 24.3 Å². The van der Waals surface area contributed by atoms with E-state index in [1.165, 1.54) is 6.33 Å². The molecule has 3 aliphatic rings. The number of fused-ring (bicyclic) bond motifs is 1. The molecule has 5 heterocycles. The lowest BCUT2D eigenvalue weighted by atomic mass is 9.74. The van der Waals surface area contributed by atoms with Crippen molar-refractivity contribution in [1.82, 2.24) is 20.2 Å². The first-order valence-electron chi connectivity index (χ1n) is 10.7. The minimum atomic E-state index is -4.20. The van der Waals surface area contributed by atoms with Gasteiger partial charge in [-0.25, -0.2) is 9.97 Å². The third-order valence-electron chi connectivity index (χ3n) is 6.95. The molecule has 0 bridgehead atoms. The molecule has 1 atom stereocenters. The van der Waals surface area contributed by atoms with Crippen molar-refractivity contribution in [3.63, 3.8) is 0 Å². The first-order valence-corrected chi connectivity index (χ1v) is 11.5. The van der Waals surface area contributed by atoms with E-state index in [2.05, 4.69) is 38.9 Å². The molecule has 3 aliphatic heterocycles. The Bertz CT molecular complexity index is 917. The summed E-state index contributed by atoms with van der Waals surface area (Å²) < 4.78 is 38.5. The first-order chi connectivity index (χ1) is 14.2. The van der Waals surface area contributed by atoms with Gasteiger partial charge in [-0.2, -0.15) is 13.2 Å². The van der Waals surface area contributed by atoms with Crippen molar-refractivity contribution in [2.45, 2.75) is 38.9 Å². The lowest BCUT2D eigenvalue weighted by Gasteiger charge is -2.56. The van der Waals surface area contributed by atoms with Crippen LogP contribution in [0.25, 0.3) is 10.2 Å². The molecule has 0 saturated carbocycles. The maximum absolute atomic E-state index is 12.8. The van der Waals surface area contributed by atoms with E-state index in [0.29, 0.717) is 21.7 Å². The van der Waals surface area contributed by atoms with Crippen molar-refractivity contribution in [2.24, 2.45) is 17.3 Å². The molecular weight excluding hydrogens is 411 g/mol. The van der Waals surface area contributed by atoms with E-state index in [-0.39, 0.29) is 5.41 Å². The topological polar surface area (TPSA) is 44.3 Å². The van der Waals surface area contributed by atoms with Crippen LogP contribution in [0.1, 0.15) is 25.1 Å². The van der Waals surface area contributed by atoms with Crippen LogP contribution in [0.2, 0.25) is 0 Å². The zero-order valence-corrected chi connectivity index (χ0v) is 18.2. The minimum Gasteiger partial charge on any atom is -0.355 e. The Kier molecular flexibility index (Phi) is 4.98. The lowest BCUT2D eigenvalue weighted by Crippen LogP contribution is -2.66. The van der Waals surface area contributed by atoms with Crippen molar-refractivity contribution in [3.05, 3.63) is 17.3 Å². The second-order valence-corrected chi connectivity index (χ2v) is 10.8. The molecule has 5 nitrogen and oxygen atoms in total. The fourth-order valence-corrected chi connectivity index (χ4v) is 6.67. The monoisotopic (exact) mass is 439 g/mol. The number of likely N-dealkylation sites (tertiary alicyclic amines) is 1. The molecule has 0 radical (unpaired) electrons. The SMILES string of the molecule is CC(C)[C@@H](C1CNC1)N1CC2(CCN(c3ncnc4sc(CC(F)(F)F)cc34)C2)C1. The maximum Gasteiger partial charge on any atom is 0.393 e. The van der Waals surface area contributed by atoms with Crippen LogP contribution in [-0.4, -0.2) is 66.4 Å². The van der Waals surface area contributed by atoms with Gasteiger partial charge in [-0.15, -0.1) is 11.3 Å². The number of nitrogens with zero attached hydrogens (tertiary/aromatic N) is 4.